The van der Waals surface area contributed by atoms with Gasteiger partial charge in [0.2, 0.25) is 0 Å². The van der Waals surface area contributed by atoms with E-state index < -0.39 is 0 Å². The third-order valence-corrected chi connectivity index (χ3v) is 3.80. The van der Waals surface area contributed by atoms with Gasteiger partial charge in [-0.25, -0.2) is 9.38 Å². The van der Waals surface area contributed by atoms with Crippen molar-refractivity contribution in [2.75, 3.05) is 26.9 Å². The Morgan fingerprint density at radius 1 is 1.18 bits per heavy atom. The van der Waals surface area contributed by atoms with Crippen LogP contribution in [0.2, 0.25) is 0 Å². The quantitative estimate of drug-likeness (QED) is 0.225. The lowest BCUT2D eigenvalue weighted by atomic mass is 10.2. The number of aliphatic imine (C=N–C) groups is 1. The maximum Gasteiger partial charge on any atom is 0.191 e. The van der Waals surface area contributed by atoms with Crippen molar-refractivity contribution in [2.24, 2.45) is 4.99 Å². The maximum absolute atomic E-state index is 13.8. The van der Waals surface area contributed by atoms with Crippen molar-refractivity contribution >= 4 is 29.9 Å². The summed E-state index contributed by atoms with van der Waals surface area (Å²) in [5.74, 6) is 1.07. The molecule has 0 aliphatic carbocycles. The standard InChI is InChI=1S/C20H27FN4O2.HI/c1-3-27-13-5-12-23-20(25-15-19-18(21)6-4-11-22-19)24-14-16-7-9-17(26-2)10-8-16;/h4,6-11H,3,5,12-15H2,1-2H3,(H2,23,24,25);1H. The Bertz CT molecular complexity index is 714. The number of ether oxygens (including phenoxy) is 2. The molecule has 1 heterocycles. The van der Waals surface area contributed by atoms with E-state index in [9.17, 15) is 4.39 Å². The van der Waals surface area contributed by atoms with Gasteiger partial charge in [0.1, 0.15) is 11.6 Å². The second-order valence-electron chi connectivity index (χ2n) is 5.78. The van der Waals surface area contributed by atoms with Crippen LogP contribution in [0.25, 0.3) is 0 Å². The molecule has 6 nitrogen and oxygen atoms in total. The smallest absolute Gasteiger partial charge is 0.191 e. The van der Waals surface area contributed by atoms with E-state index in [1.165, 1.54) is 6.07 Å². The van der Waals surface area contributed by atoms with Crippen LogP contribution in [0.1, 0.15) is 24.6 Å². The monoisotopic (exact) mass is 502 g/mol. The third-order valence-electron chi connectivity index (χ3n) is 3.80. The fraction of sp³-hybridized carbons (Fsp3) is 0.400. The van der Waals surface area contributed by atoms with Crippen LogP contribution in [0.5, 0.6) is 5.75 Å². The summed E-state index contributed by atoms with van der Waals surface area (Å²) < 4.78 is 24.3. The van der Waals surface area contributed by atoms with E-state index in [0.29, 0.717) is 38.0 Å². The van der Waals surface area contributed by atoms with Crippen molar-refractivity contribution < 1.29 is 13.9 Å². The number of hydrogen-bond acceptors (Lipinski definition) is 4. The number of hydrogen-bond donors (Lipinski definition) is 2. The minimum absolute atomic E-state index is 0. The van der Waals surface area contributed by atoms with Crippen molar-refractivity contribution in [1.82, 2.24) is 15.6 Å². The number of benzene rings is 1. The maximum atomic E-state index is 13.8. The molecule has 28 heavy (non-hydrogen) atoms. The summed E-state index contributed by atoms with van der Waals surface area (Å²) in [6.07, 6.45) is 2.43. The van der Waals surface area contributed by atoms with Gasteiger partial charge >= 0.3 is 0 Å². The zero-order valence-corrected chi connectivity index (χ0v) is 18.6. The van der Waals surface area contributed by atoms with Crippen molar-refractivity contribution in [1.29, 1.82) is 0 Å². The average molecular weight is 502 g/mol. The number of guanidine groups is 1. The Morgan fingerprint density at radius 3 is 2.64 bits per heavy atom. The molecule has 154 valence electrons. The zero-order valence-electron chi connectivity index (χ0n) is 16.3. The number of methoxy groups -OCH3 is 1. The van der Waals surface area contributed by atoms with Gasteiger partial charge < -0.3 is 20.1 Å². The topological polar surface area (TPSA) is 67.8 Å². The number of rotatable bonds is 10. The molecule has 0 unspecified atom stereocenters. The van der Waals surface area contributed by atoms with Crippen LogP contribution in [0, 0.1) is 5.82 Å². The summed E-state index contributed by atoms with van der Waals surface area (Å²) in [6.45, 7) is 4.82. The van der Waals surface area contributed by atoms with Gasteiger partial charge in [-0.1, -0.05) is 12.1 Å². The Labute approximate surface area is 183 Å². The van der Waals surface area contributed by atoms with Crippen LogP contribution >= 0.6 is 24.0 Å². The molecular weight excluding hydrogens is 474 g/mol. The zero-order chi connectivity index (χ0) is 19.3. The summed E-state index contributed by atoms with van der Waals surface area (Å²) in [5, 5.41) is 6.38. The summed E-state index contributed by atoms with van der Waals surface area (Å²) in [5.41, 5.74) is 1.40. The van der Waals surface area contributed by atoms with E-state index in [0.717, 1.165) is 17.7 Å². The normalized spacial score (nSPS) is 10.9. The molecule has 0 radical (unpaired) electrons. The van der Waals surface area contributed by atoms with Crippen LogP contribution < -0.4 is 15.4 Å². The third kappa shape index (κ3) is 8.83. The second-order valence-corrected chi connectivity index (χ2v) is 5.78. The first-order valence-corrected chi connectivity index (χ1v) is 9.05. The predicted molar refractivity (Wildman–Crippen MR) is 120 cm³/mol. The number of aromatic nitrogens is 1. The highest BCUT2D eigenvalue weighted by molar-refractivity contribution is 14.0. The first-order chi connectivity index (χ1) is 13.2. The number of pyridine rings is 1. The molecule has 0 bridgehead atoms. The van der Waals surface area contributed by atoms with Crippen molar-refractivity contribution in [3.63, 3.8) is 0 Å². The van der Waals surface area contributed by atoms with E-state index in [1.54, 1.807) is 19.4 Å². The Hall–Kier alpha value is -1.94. The van der Waals surface area contributed by atoms with Gasteiger partial charge in [0.25, 0.3) is 0 Å². The van der Waals surface area contributed by atoms with E-state index in [-0.39, 0.29) is 36.3 Å². The molecule has 0 spiro atoms. The Morgan fingerprint density at radius 2 is 1.96 bits per heavy atom. The van der Waals surface area contributed by atoms with Gasteiger partial charge in [-0.2, -0.15) is 0 Å². The lowest BCUT2D eigenvalue weighted by Gasteiger charge is -2.13. The molecule has 0 aliphatic heterocycles. The molecule has 0 saturated carbocycles. The minimum Gasteiger partial charge on any atom is -0.497 e. The molecule has 1 aromatic carbocycles. The van der Waals surface area contributed by atoms with Crippen LogP contribution in [0.15, 0.2) is 47.6 Å². The fourth-order valence-electron chi connectivity index (χ4n) is 2.32. The Balaban J connectivity index is 0.00000392. The highest BCUT2D eigenvalue weighted by Gasteiger charge is 2.05. The molecular formula is C20H28FIN4O2. The lowest BCUT2D eigenvalue weighted by Crippen LogP contribution is -2.38. The largest absolute Gasteiger partial charge is 0.497 e. The molecule has 2 aromatic rings. The van der Waals surface area contributed by atoms with Gasteiger partial charge in [0, 0.05) is 26.0 Å². The average Bonchev–Trinajstić information content (AvgIpc) is 2.70. The number of nitrogens with zero attached hydrogens (tertiary/aromatic N) is 2. The van der Waals surface area contributed by atoms with Gasteiger partial charge in [-0.05, 0) is 43.2 Å². The molecule has 0 aliphatic rings. The molecule has 8 heteroatoms. The minimum atomic E-state index is -0.337. The van der Waals surface area contributed by atoms with Gasteiger partial charge in [0.15, 0.2) is 5.96 Å². The highest BCUT2D eigenvalue weighted by atomic mass is 127. The molecule has 0 amide bonds. The Kier molecular flexibility index (Phi) is 12.1. The van der Waals surface area contributed by atoms with Crippen LogP contribution in [-0.2, 0) is 17.8 Å². The summed E-state index contributed by atoms with van der Waals surface area (Å²) in [6, 6.07) is 10.7. The van der Waals surface area contributed by atoms with Gasteiger partial charge in [-0.15, -0.1) is 24.0 Å². The van der Waals surface area contributed by atoms with Crippen LogP contribution in [0.3, 0.4) is 0 Å². The predicted octanol–water partition coefficient (Wildman–Crippen LogP) is 3.51. The van der Waals surface area contributed by atoms with E-state index in [1.807, 2.05) is 31.2 Å². The van der Waals surface area contributed by atoms with Crippen molar-refractivity contribution in [3.05, 3.63) is 59.7 Å². The molecule has 1 aromatic heterocycles. The molecule has 2 rings (SSSR count). The summed E-state index contributed by atoms with van der Waals surface area (Å²) >= 11 is 0. The molecule has 0 saturated heterocycles. The van der Waals surface area contributed by atoms with Crippen LogP contribution in [0.4, 0.5) is 4.39 Å². The van der Waals surface area contributed by atoms with Crippen molar-refractivity contribution in [2.45, 2.75) is 26.4 Å². The molecule has 0 atom stereocenters. The van der Waals surface area contributed by atoms with E-state index in [2.05, 4.69) is 20.6 Å². The van der Waals surface area contributed by atoms with Crippen LogP contribution in [-0.4, -0.2) is 37.8 Å². The van der Waals surface area contributed by atoms with Gasteiger partial charge in [0.05, 0.1) is 25.9 Å². The lowest BCUT2D eigenvalue weighted by molar-refractivity contribution is 0.145. The first kappa shape index (κ1) is 24.1. The number of halogens is 2. The highest BCUT2D eigenvalue weighted by Crippen LogP contribution is 2.11. The van der Waals surface area contributed by atoms with Crippen molar-refractivity contribution in [3.8, 4) is 5.75 Å². The van der Waals surface area contributed by atoms with E-state index in [4.69, 9.17) is 9.47 Å². The fourth-order valence-corrected chi connectivity index (χ4v) is 2.32. The SMILES string of the molecule is CCOCCCNC(=NCc1ccc(OC)cc1)NCc1ncccc1F.I. The molecule has 0 fully saturated rings. The van der Waals surface area contributed by atoms with Gasteiger partial charge in [-0.3, -0.25) is 4.98 Å². The second kappa shape index (κ2) is 14.1. The van der Waals surface area contributed by atoms with E-state index >= 15 is 0 Å². The number of nitrogens with one attached hydrogen (secondary N) is 2. The molecule has 2 N–H and O–H groups in total. The summed E-state index contributed by atoms with van der Waals surface area (Å²) in [4.78, 5) is 8.63. The summed E-state index contributed by atoms with van der Waals surface area (Å²) in [7, 11) is 1.64. The first-order valence-electron chi connectivity index (χ1n) is 9.05.